The SMILES string of the molecule is Nc1cc(=O)[nH]c(C2CCCNC2)n1. The van der Waals surface area contributed by atoms with Gasteiger partial charge in [-0.15, -0.1) is 0 Å². The lowest BCUT2D eigenvalue weighted by atomic mass is 9.99. The van der Waals surface area contributed by atoms with E-state index in [4.69, 9.17) is 5.73 Å². The van der Waals surface area contributed by atoms with E-state index in [9.17, 15) is 4.79 Å². The van der Waals surface area contributed by atoms with Gasteiger partial charge in [-0.05, 0) is 19.4 Å². The van der Waals surface area contributed by atoms with Gasteiger partial charge in [0.25, 0.3) is 5.56 Å². The molecule has 0 radical (unpaired) electrons. The molecule has 0 saturated carbocycles. The predicted molar refractivity (Wildman–Crippen MR) is 54.1 cm³/mol. The predicted octanol–water partition coefficient (Wildman–Crippen LogP) is -0.181. The maximum Gasteiger partial charge on any atom is 0.252 e. The molecule has 2 heterocycles. The average Bonchev–Trinajstić information content (AvgIpc) is 2.18. The fourth-order valence-electron chi connectivity index (χ4n) is 1.77. The Morgan fingerprint density at radius 3 is 3.07 bits per heavy atom. The van der Waals surface area contributed by atoms with Gasteiger partial charge in [0.1, 0.15) is 11.6 Å². The van der Waals surface area contributed by atoms with Gasteiger partial charge in [-0.3, -0.25) is 4.79 Å². The van der Waals surface area contributed by atoms with Crippen molar-refractivity contribution >= 4 is 5.82 Å². The number of piperidine rings is 1. The van der Waals surface area contributed by atoms with Gasteiger partial charge in [-0.1, -0.05) is 0 Å². The quantitative estimate of drug-likeness (QED) is 0.579. The Labute approximate surface area is 81.7 Å². The zero-order chi connectivity index (χ0) is 9.97. The second-order valence-electron chi connectivity index (χ2n) is 3.60. The number of nitrogens with zero attached hydrogens (tertiary/aromatic N) is 1. The molecule has 1 aromatic heterocycles. The Kier molecular flexibility index (Phi) is 2.49. The largest absolute Gasteiger partial charge is 0.383 e. The van der Waals surface area contributed by atoms with E-state index in [0.717, 1.165) is 25.9 Å². The Balaban J connectivity index is 2.26. The molecule has 1 aliphatic rings. The van der Waals surface area contributed by atoms with Crippen LogP contribution in [0.4, 0.5) is 5.82 Å². The molecule has 0 spiro atoms. The molecule has 2 rings (SSSR count). The van der Waals surface area contributed by atoms with Crippen LogP contribution in [-0.2, 0) is 0 Å². The maximum absolute atomic E-state index is 11.2. The minimum absolute atomic E-state index is 0.168. The van der Waals surface area contributed by atoms with Gasteiger partial charge in [0.15, 0.2) is 0 Å². The van der Waals surface area contributed by atoms with Crippen molar-refractivity contribution in [3.8, 4) is 0 Å². The van der Waals surface area contributed by atoms with Crippen LogP contribution in [0.2, 0.25) is 0 Å². The molecule has 5 nitrogen and oxygen atoms in total. The fraction of sp³-hybridized carbons (Fsp3) is 0.556. The van der Waals surface area contributed by atoms with Crippen LogP contribution in [0.15, 0.2) is 10.9 Å². The molecule has 5 heteroatoms. The molecule has 76 valence electrons. The normalized spacial score (nSPS) is 22.1. The van der Waals surface area contributed by atoms with Crippen LogP contribution < -0.4 is 16.6 Å². The molecular formula is C9H14N4O. The third-order valence-electron chi connectivity index (χ3n) is 2.46. The number of hydrogen-bond donors (Lipinski definition) is 3. The number of anilines is 1. The number of rotatable bonds is 1. The van der Waals surface area contributed by atoms with Crippen molar-refractivity contribution in [2.45, 2.75) is 18.8 Å². The Hall–Kier alpha value is -1.36. The molecule has 14 heavy (non-hydrogen) atoms. The summed E-state index contributed by atoms with van der Waals surface area (Å²) in [4.78, 5) is 18.0. The molecule has 1 aromatic rings. The zero-order valence-corrected chi connectivity index (χ0v) is 7.92. The lowest BCUT2D eigenvalue weighted by Gasteiger charge is -2.21. The number of nitrogens with two attached hydrogens (primary N) is 1. The molecule has 4 N–H and O–H groups in total. The number of aromatic nitrogens is 2. The van der Waals surface area contributed by atoms with E-state index in [-0.39, 0.29) is 5.56 Å². The summed E-state index contributed by atoms with van der Waals surface area (Å²) >= 11 is 0. The second-order valence-corrected chi connectivity index (χ2v) is 3.60. The molecular weight excluding hydrogens is 180 g/mol. The van der Waals surface area contributed by atoms with Gasteiger partial charge in [-0.2, -0.15) is 0 Å². The van der Waals surface area contributed by atoms with Crippen molar-refractivity contribution in [3.63, 3.8) is 0 Å². The van der Waals surface area contributed by atoms with E-state index in [1.165, 1.54) is 6.07 Å². The van der Waals surface area contributed by atoms with Crippen molar-refractivity contribution < 1.29 is 0 Å². The van der Waals surface area contributed by atoms with E-state index >= 15 is 0 Å². The number of hydrogen-bond acceptors (Lipinski definition) is 4. The van der Waals surface area contributed by atoms with E-state index in [0.29, 0.717) is 17.6 Å². The molecule has 0 aliphatic carbocycles. The summed E-state index contributed by atoms with van der Waals surface area (Å²) in [5.41, 5.74) is 5.35. The van der Waals surface area contributed by atoms with Crippen LogP contribution in [0.1, 0.15) is 24.6 Å². The molecule has 0 amide bonds. The lowest BCUT2D eigenvalue weighted by molar-refractivity contribution is 0.446. The van der Waals surface area contributed by atoms with Crippen molar-refractivity contribution in [1.82, 2.24) is 15.3 Å². The first-order chi connectivity index (χ1) is 6.75. The first-order valence-electron chi connectivity index (χ1n) is 4.83. The van der Waals surface area contributed by atoms with Crippen molar-refractivity contribution in [1.29, 1.82) is 0 Å². The highest BCUT2D eigenvalue weighted by Crippen LogP contribution is 2.18. The minimum atomic E-state index is -0.168. The average molecular weight is 194 g/mol. The summed E-state index contributed by atoms with van der Waals surface area (Å²) in [5.74, 6) is 1.30. The molecule has 0 bridgehead atoms. The van der Waals surface area contributed by atoms with E-state index in [1.54, 1.807) is 0 Å². The van der Waals surface area contributed by atoms with Crippen molar-refractivity contribution in [2.24, 2.45) is 0 Å². The van der Waals surface area contributed by atoms with Crippen LogP contribution in [-0.4, -0.2) is 23.1 Å². The van der Waals surface area contributed by atoms with Gasteiger partial charge >= 0.3 is 0 Å². The lowest BCUT2D eigenvalue weighted by Crippen LogP contribution is -2.30. The van der Waals surface area contributed by atoms with Crippen LogP contribution in [0.5, 0.6) is 0 Å². The number of H-pyrrole nitrogens is 1. The van der Waals surface area contributed by atoms with Crippen LogP contribution in [0, 0.1) is 0 Å². The molecule has 1 atom stereocenters. The van der Waals surface area contributed by atoms with Crippen molar-refractivity contribution in [2.75, 3.05) is 18.8 Å². The Morgan fingerprint density at radius 2 is 2.43 bits per heavy atom. The smallest absolute Gasteiger partial charge is 0.252 e. The Morgan fingerprint density at radius 1 is 1.57 bits per heavy atom. The molecule has 0 aromatic carbocycles. The van der Waals surface area contributed by atoms with Gasteiger partial charge in [0, 0.05) is 18.5 Å². The van der Waals surface area contributed by atoms with Crippen LogP contribution >= 0.6 is 0 Å². The zero-order valence-electron chi connectivity index (χ0n) is 7.92. The third-order valence-corrected chi connectivity index (χ3v) is 2.46. The highest BCUT2D eigenvalue weighted by molar-refractivity contribution is 5.26. The summed E-state index contributed by atoms with van der Waals surface area (Å²) in [6.45, 7) is 1.91. The van der Waals surface area contributed by atoms with Crippen LogP contribution in [0.25, 0.3) is 0 Å². The first kappa shape index (κ1) is 9.21. The van der Waals surface area contributed by atoms with Crippen molar-refractivity contribution in [3.05, 3.63) is 22.2 Å². The maximum atomic E-state index is 11.2. The summed E-state index contributed by atoms with van der Waals surface area (Å²) in [6.07, 6.45) is 2.17. The summed E-state index contributed by atoms with van der Waals surface area (Å²) in [7, 11) is 0. The number of aromatic amines is 1. The van der Waals surface area contributed by atoms with E-state index in [1.807, 2.05) is 0 Å². The minimum Gasteiger partial charge on any atom is -0.383 e. The molecule has 1 aliphatic heterocycles. The Bertz CT molecular complexity index is 367. The molecule has 1 unspecified atom stereocenters. The van der Waals surface area contributed by atoms with Crippen LogP contribution in [0.3, 0.4) is 0 Å². The number of nitrogen functional groups attached to an aromatic ring is 1. The topological polar surface area (TPSA) is 83.8 Å². The molecule has 1 saturated heterocycles. The number of nitrogens with one attached hydrogen (secondary N) is 2. The standard InChI is InChI=1S/C9H14N4O/c10-7-4-8(14)13-9(12-7)6-2-1-3-11-5-6/h4,6,11H,1-3,5H2,(H3,10,12,13,14). The molecule has 1 fully saturated rings. The summed E-state index contributed by atoms with van der Waals surface area (Å²) in [6, 6.07) is 1.31. The van der Waals surface area contributed by atoms with E-state index < -0.39 is 0 Å². The third kappa shape index (κ3) is 1.93. The highest BCUT2D eigenvalue weighted by Gasteiger charge is 2.17. The van der Waals surface area contributed by atoms with Gasteiger partial charge < -0.3 is 16.0 Å². The van der Waals surface area contributed by atoms with E-state index in [2.05, 4.69) is 15.3 Å². The first-order valence-corrected chi connectivity index (χ1v) is 4.83. The summed E-state index contributed by atoms with van der Waals surface area (Å²) < 4.78 is 0. The van der Waals surface area contributed by atoms with Gasteiger partial charge in [0.05, 0.1) is 0 Å². The monoisotopic (exact) mass is 194 g/mol. The van der Waals surface area contributed by atoms with Gasteiger partial charge in [0.2, 0.25) is 0 Å². The summed E-state index contributed by atoms with van der Waals surface area (Å²) in [5, 5.41) is 3.27. The highest BCUT2D eigenvalue weighted by atomic mass is 16.1. The van der Waals surface area contributed by atoms with Gasteiger partial charge in [-0.25, -0.2) is 4.98 Å². The fourth-order valence-corrected chi connectivity index (χ4v) is 1.77. The second kappa shape index (κ2) is 3.79.